The van der Waals surface area contributed by atoms with Crippen LogP contribution in [-0.4, -0.2) is 22.8 Å². The molecule has 0 heterocycles. The Labute approximate surface area is 66.7 Å². The molecule has 0 aliphatic rings. The largest absolute Gasteiger partial charge is 0.478 e. The molecule has 0 spiro atoms. The van der Waals surface area contributed by atoms with Gasteiger partial charge in [-0.2, -0.15) is 0 Å². The first-order valence-electron chi connectivity index (χ1n) is 3.17. The Morgan fingerprint density at radius 1 is 1.64 bits per heavy atom. The molecule has 0 fully saturated rings. The van der Waals surface area contributed by atoms with Gasteiger partial charge in [-0.1, -0.05) is 18.7 Å². The number of carboxylic acids is 1. The molecular formula is C8H14O3. The van der Waals surface area contributed by atoms with Crippen molar-refractivity contribution in [2.45, 2.75) is 13.8 Å². The molecule has 0 amide bonds. The summed E-state index contributed by atoms with van der Waals surface area (Å²) in [4.78, 5) is 9.60. The summed E-state index contributed by atoms with van der Waals surface area (Å²) >= 11 is 0. The van der Waals surface area contributed by atoms with Crippen LogP contribution in [0.1, 0.15) is 13.8 Å². The molecule has 0 unspecified atom stereocenters. The third-order valence-electron chi connectivity index (χ3n) is 0.706. The zero-order valence-corrected chi connectivity index (χ0v) is 6.87. The van der Waals surface area contributed by atoms with Gasteiger partial charge >= 0.3 is 5.97 Å². The maximum Gasteiger partial charge on any atom is 0.330 e. The summed E-state index contributed by atoms with van der Waals surface area (Å²) in [5.41, 5.74) is 0.176. The SMILES string of the molecule is C=C(C)C(=O)O.CC=CCO. The minimum atomic E-state index is -0.935. The number of carbonyl (C=O) groups is 1. The molecule has 0 aromatic heterocycles. The van der Waals surface area contributed by atoms with Crippen LogP contribution >= 0.6 is 0 Å². The average Bonchev–Trinajstić information content (AvgIpc) is 1.90. The van der Waals surface area contributed by atoms with Gasteiger partial charge in [0.05, 0.1) is 6.61 Å². The lowest BCUT2D eigenvalue weighted by atomic mass is 10.4. The molecule has 3 nitrogen and oxygen atoms in total. The third kappa shape index (κ3) is 17.6. The highest BCUT2D eigenvalue weighted by Gasteiger charge is 1.90. The van der Waals surface area contributed by atoms with Crippen LogP contribution in [0.15, 0.2) is 24.3 Å². The van der Waals surface area contributed by atoms with Crippen LogP contribution in [0.25, 0.3) is 0 Å². The summed E-state index contributed by atoms with van der Waals surface area (Å²) < 4.78 is 0. The monoisotopic (exact) mass is 158 g/mol. The van der Waals surface area contributed by atoms with Crippen LogP contribution in [0.4, 0.5) is 0 Å². The highest BCUT2D eigenvalue weighted by molar-refractivity contribution is 5.84. The summed E-state index contributed by atoms with van der Waals surface area (Å²) in [6.45, 7) is 6.64. The average molecular weight is 158 g/mol. The van der Waals surface area contributed by atoms with Crippen molar-refractivity contribution in [3.63, 3.8) is 0 Å². The lowest BCUT2D eigenvalue weighted by molar-refractivity contribution is -0.132. The number of aliphatic hydroxyl groups excluding tert-OH is 1. The maximum absolute atomic E-state index is 9.60. The topological polar surface area (TPSA) is 57.5 Å². The molecule has 0 atom stereocenters. The van der Waals surface area contributed by atoms with E-state index in [2.05, 4.69) is 6.58 Å². The van der Waals surface area contributed by atoms with E-state index in [0.717, 1.165) is 0 Å². The lowest BCUT2D eigenvalue weighted by Gasteiger charge is -1.79. The molecule has 0 aromatic carbocycles. The number of hydrogen-bond acceptors (Lipinski definition) is 2. The van der Waals surface area contributed by atoms with Gasteiger partial charge in [0.15, 0.2) is 0 Å². The third-order valence-corrected chi connectivity index (χ3v) is 0.706. The van der Waals surface area contributed by atoms with Crippen LogP contribution in [0.3, 0.4) is 0 Å². The second kappa shape index (κ2) is 8.91. The number of carboxylic acid groups (broad SMARTS) is 1. The maximum atomic E-state index is 9.60. The zero-order chi connectivity index (χ0) is 9.28. The van der Waals surface area contributed by atoms with Crippen molar-refractivity contribution in [2.24, 2.45) is 0 Å². The van der Waals surface area contributed by atoms with Gasteiger partial charge in [0.1, 0.15) is 0 Å². The van der Waals surface area contributed by atoms with Crippen molar-refractivity contribution in [2.75, 3.05) is 6.61 Å². The predicted molar refractivity (Wildman–Crippen MR) is 44.3 cm³/mol. The van der Waals surface area contributed by atoms with Crippen LogP contribution in [-0.2, 0) is 4.79 Å². The first kappa shape index (κ1) is 12.6. The molecule has 0 saturated carbocycles. The Balaban J connectivity index is 0. The van der Waals surface area contributed by atoms with Crippen molar-refractivity contribution >= 4 is 5.97 Å². The van der Waals surface area contributed by atoms with Gasteiger partial charge in [0, 0.05) is 5.57 Å². The molecule has 0 aliphatic heterocycles. The van der Waals surface area contributed by atoms with E-state index in [9.17, 15) is 4.79 Å². The van der Waals surface area contributed by atoms with Crippen molar-refractivity contribution in [1.82, 2.24) is 0 Å². The molecule has 0 radical (unpaired) electrons. The molecule has 0 aromatic rings. The van der Waals surface area contributed by atoms with Crippen LogP contribution in [0.5, 0.6) is 0 Å². The Bertz CT molecular complexity index is 135. The summed E-state index contributed by atoms with van der Waals surface area (Å²) in [7, 11) is 0. The number of allylic oxidation sites excluding steroid dienone is 1. The predicted octanol–water partition coefficient (Wildman–Crippen LogP) is 1.20. The summed E-state index contributed by atoms with van der Waals surface area (Å²) in [6.07, 6.45) is 3.49. The molecule has 3 heteroatoms. The smallest absolute Gasteiger partial charge is 0.330 e. The molecule has 0 bridgehead atoms. The Kier molecular flexibility index (Phi) is 10.2. The fraction of sp³-hybridized carbons (Fsp3) is 0.375. The van der Waals surface area contributed by atoms with E-state index in [1.54, 1.807) is 12.2 Å². The van der Waals surface area contributed by atoms with Crippen LogP contribution in [0, 0.1) is 0 Å². The van der Waals surface area contributed by atoms with Gasteiger partial charge in [-0.15, -0.1) is 0 Å². The Morgan fingerprint density at radius 2 is 2.00 bits per heavy atom. The molecule has 2 N–H and O–H groups in total. The van der Waals surface area contributed by atoms with Gasteiger partial charge < -0.3 is 10.2 Å². The van der Waals surface area contributed by atoms with Crippen LogP contribution in [0.2, 0.25) is 0 Å². The number of hydrogen-bond donors (Lipinski definition) is 2. The standard InChI is InChI=1S/C4H6O2.C4H8O/c1-3(2)4(5)6;1-2-3-4-5/h1H2,2H3,(H,5,6);2-3,5H,4H2,1H3. The van der Waals surface area contributed by atoms with Gasteiger partial charge in [0.2, 0.25) is 0 Å². The summed E-state index contributed by atoms with van der Waals surface area (Å²) in [5.74, 6) is -0.935. The highest BCUT2D eigenvalue weighted by Crippen LogP contribution is 1.81. The number of aliphatic carboxylic acids is 1. The van der Waals surface area contributed by atoms with E-state index in [0.29, 0.717) is 0 Å². The van der Waals surface area contributed by atoms with E-state index in [1.807, 2.05) is 6.92 Å². The van der Waals surface area contributed by atoms with Crippen molar-refractivity contribution < 1.29 is 15.0 Å². The highest BCUT2D eigenvalue weighted by atomic mass is 16.4. The van der Waals surface area contributed by atoms with Gasteiger partial charge in [0.25, 0.3) is 0 Å². The van der Waals surface area contributed by atoms with Crippen LogP contribution < -0.4 is 0 Å². The zero-order valence-electron chi connectivity index (χ0n) is 6.87. The fourth-order valence-electron chi connectivity index (χ4n) is 0.105. The van der Waals surface area contributed by atoms with Gasteiger partial charge in [-0.25, -0.2) is 4.79 Å². The minimum absolute atomic E-state index is 0.163. The number of aliphatic hydroxyl groups is 1. The molecular weight excluding hydrogens is 144 g/mol. The first-order valence-corrected chi connectivity index (χ1v) is 3.17. The second-order valence-corrected chi connectivity index (χ2v) is 1.84. The van der Waals surface area contributed by atoms with E-state index >= 15 is 0 Å². The fourth-order valence-corrected chi connectivity index (χ4v) is 0.105. The number of rotatable bonds is 2. The minimum Gasteiger partial charge on any atom is -0.478 e. The van der Waals surface area contributed by atoms with Gasteiger partial charge in [-0.05, 0) is 13.8 Å². The Hall–Kier alpha value is -1.09. The van der Waals surface area contributed by atoms with E-state index in [-0.39, 0.29) is 12.2 Å². The quantitative estimate of drug-likeness (QED) is 0.469. The van der Waals surface area contributed by atoms with Gasteiger partial charge in [-0.3, -0.25) is 0 Å². The van der Waals surface area contributed by atoms with E-state index in [4.69, 9.17) is 10.2 Å². The van der Waals surface area contributed by atoms with Crippen molar-refractivity contribution in [3.05, 3.63) is 24.3 Å². The Morgan fingerprint density at radius 3 is 2.00 bits per heavy atom. The summed E-state index contributed by atoms with van der Waals surface area (Å²) in [5, 5.41) is 15.9. The normalized spacial score (nSPS) is 8.64. The second-order valence-electron chi connectivity index (χ2n) is 1.84. The molecule has 0 aliphatic carbocycles. The lowest BCUT2D eigenvalue weighted by Crippen LogP contribution is -1.92. The molecule has 0 rings (SSSR count). The molecule has 64 valence electrons. The molecule has 11 heavy (non-hydrogen) atoms. The van der Waals surface area contributed by atoms with E-state index in [1.165, 1.54) is 6.92 Å². The van der Waals surface area contributed by atoms with Crippen molar-refractivity contribution in [3.8, 4) is 0 Å². The molecule has 0 saturated heterocycles. The van der Waals surface area contributed by atoms with E-state index < -0.39 is 5.97 Å². The van der Waals surface area contributed by atoms with Crippen molar-refractivity contribution in [1.29, 1.82) is 0 Å². The first-order chi connectivity index (χ1) is 5.06. The summed E-state index contributed by atoms with van der Waals surface area (Å²) in [6, 6.07) is 0.